The van der Waals surface area contributed by atoms with Crippen LogP contribution in [0.15, 0.2) is 55.0 Å². The highest BCUT2D eigenvalue weighted by molar-refractivity contribution is 5.85. The molecule has 144 valence electrons. The van der Waals surface area contributed by atoms with E-state index in [4.69, 9.17) is 4.74 Å². The van der Waals surface area contributed by atoms with Gasteiger partial charge in [0.1, 0.15) is 11.6 Å². The van der Waals surface area contributed by atoms with E-state index in [1.54, 1.807) is 25.7 Å². The lowest BCUT2D eigenvalue weighted by molar-refractivity contribution is -0.125. The van der Waals surface area contributed by atoms with E-state index in [1.165, 1.54) is 0 Å². The number of fused-ring (bicyclic) bond motifs is 1. The quantitative estimate of drug-likeness (QED) is 0.741. The van der Waals surface area contributed by atoms with Crippen molar-refractivity contribution in [3.63, 3.8) is 0 Å². The van der Waals surface area contributed by atoms with Gasteiger partial charge in [0, 0.05) is 37.9 Å². The number of hydrogen-bond donors (Lipinski definition) is 1. The number of piperidine rings is 1. The molecular weight excluding hydrogens is 352 g/mol. The maximum Gasteiger partial charge on any atom is 0.223 e. The summed E-state index contributed by atoms with van der Waals surface area (Å²) in [7, 11) is 1.67. The maximum absolute atomic E-state index is 12.6. The van der Waals surface area contributed by atoms with Crippen molar-refractivity contribution in [2.45, 2.75) is 19.4 Å². The first-order chi connectivity index (χ1) is 13.7. The molecule has 0 unspecified atom stereocenters. The number of aromatic nitrogens is 2. The number of carbonyl (C=O) groups excluding carboxylic acids is 1. The normalized spacial score (nSPS) is 14.8. The second-order valence-corrected chi connectivity index (χ2v) is 7.09. The summed E-state index contributed by atoms with van der Waals surface area (Å²) in [6.07, 6.45) is 6.82. The molecule has 2 aromatic carbocycles. The number of amides is 1. The van der Waals surface area contributed by atoms with Crippen LogP contribution < -0.4 is 15.0 Å². The van der Waals surface area contributed by atoms with Gasteiger partial charge in [0.2, 0.25) is 5.91 Å². The molecule has 3 aromatic rings. The number of nitrogens with one attached hydrogen (secondary N) is 1. The van der Waals surface area contributed by atoms with Crippen LogP contribution in [0.5, 0.6) is 5.75 Å². The summed E-state index contributed by atoms with van der Waals surface area (Å²) < 4.78 is 5.27. The fourth-order valence-corrected chi connectivity index (χ4v) is 3.67. The van der Waals surface area contributed by atoms with E-state index in [9.17, 15) is 4.79 Å². The molecular formula is C22H24N4O2. The molecule has 2 heterocycles. The SMILES string of the molecule is COc1ccc2cc(CNC(=O)C3CCN(c4cnccn4)CC3)ccc2c1. The first-order valence-corrected chi connectivity index (χ1v) is 9.58. The van der Waals surface area contributed by atoms with E-state index in [-0.39, 0.29) is 11.8 Å². The molecule has 1 aliphatic rings. The Labute approximate surface area is 164 Å². The highest BCUT2D eigenvalue weighted by Crippen LogP contribution is 2.23. The predicted octanol–water partition coefficient (Wildman–Crippen LogP) is 3.17. The lowest BCUT2D eigenvalue weighted by Crippen LogP contribution is -2.40. The van der Waals surface area contributed by atoms with Crippen LogP contribution in [0.2, 0.25) is 0 Å². The number of rotatable bonds is 5. The average molecular weight is 376 g/mol. The summed E-state index contributed by atoms with van der Waals surface area (Å²) in [5.41, 5.74) is 1.10. The highest BCUT2D eigenvalue weighted by Gasteiger charge is 2.25. The Morgan fingerprint density at radius 3 is 2.68 bits per heavy atom. The van der Waals surface area contributed by atoms with Gasteiger partial charge in [-0.3, -0.25) is 9.78 Å². The van der Waals surface area contributed by atoms with Gasteiger partial charge in [-0.1, -0.05) is 18.2 Å². The Hall–Kier alpha value is -3.15. The van der Waals surface area contributed by atoms with Crippen molar-refractivity contribution < 1.29 is 9.53 Å². The van der Waals surface area contributed by atoms with Crippen LogP contribution in [0, 0.1) is 5.92 Å². The summed E-state index contributed by atoms with van der Waals surface area (Å²) in [6, 6.07) is 12.3. The largest absolute Gasteiger partial charge is 0.497 e. The molecule has 0 atom stereocenters. The molecule has 1 fully saturated rings. The topological polar surface area (TPSA) is 67.3 Å². The van der Waals surface area contributed by atoms with Gasteiger partial charge in [0.05, 0.1) is 13.3 Å². The van der Waals surface area contributed by atoms with Gasteiger partial charge in [-0.15, -0.1) is 0 Å². The van der Waals surface area contributed by atoms with Gasteiger partial charge in [0.25, 0.3) is 0 Å². The molecule has 4 rings (SSSR count). The summed E-state index contributed by atoms with van der Waals surface area (Å²) in [5, 5.41) is 5.37. The van der Waals surface area contributed by atoms with Crippen LogP contribution in [-0.4, -0.2) is 36.1 Å². The Morgan fingerprint density at radius 1 is 1.14 bits per heavy atom. The first kappa shape index (κ1) is 18.2. The fraction of sp³-hybridized carbons (Fsp3) is 0.318. The maximum atomic E-state index is 12.6. The molecule has 0 saturated carbocycles. The zero-order chi connectivity index (χ0) is 19.3. The van der Waals surface area contributed by atoms with E-state index in [1.807, 2.05) is 18.2 Å². The van der Waals surface area contributed by atoms with E-state index >= 15 is 0 Å². The molecule has 1 aliphatic heterocycles. The number of carbonyl (C=O) groups is 1. The van der Waals surface area contributed by atoms with Gasteiger partial charge in [-0.25, -0.2) is 4.98 Å². The molecule has 1 aromatic heterocycles. The van der Waals surface area contributed by atoms with Crippen molar-refractivity contribution in [1.29, 1.82) is 0 Å². The minimum Gasteiger partial charge on any atom is -0.497 e. The van der Waals surface area contributed by atoms with Crippen molar-refractivity contribution in [3.8, 4) is 5.75 Å². The Morgan fingerprint density at radius 2 is 1.93 bits per heavy atom. The Kier molecular flexibility index (Phi) is 5.37. The van der Waals surface area contributed by atoms with E-state index in [2.05, 4.69) is 38.4 Å². The zero-order valence-corrected chi connectivity index (χ0v) is 16.0. The highest BCUT2D eigenvalue weighted by atomic mass is 16.5. The smallest absolute Gasteiger partial charge is 0.223 e. The van der Waals surface area contributed by atoms with Gasteiger partial charge < -0.3 is 15.0 Å². The van der Waals surface area contributed by atoms with Crippen molar-refractivity contribution in [1.82, 2.24) is 15.3 Å². The lowest BCUT2D eigenvalue weighted by atomic mass is 9.96. The van der Waals surface area contributed by atoms with E-state index < -0.39 is 0 Å². The standard InChI is InChI=1S/C22H24N4O2/c1-28-20-5-4-18-12-16(2-3-19(18)13-20)14-25-22(27)17-6-10-26(11-7-17)21-15-23-8-9-24-21/h2-5,8-9,12-13,15,17H,6-7,10-11,14H2,1H3,(H,25,27). The van der Waals surface area contributed by atoms with Crippen molar-refractivity contribution in [2.24, 2.45) is 5.92 Å². The second kappa shape index (κ2) is 8.25. The first-order valence-electron chi connectivity index (χ1n) is 9.58. The van der Waals surface area contributed by atoms with Crippen LogP contribution in [0.3, 0.4) is 0 Å². The molecule has 28 heavy (non-hydrogen) atoms. The predicted molar refractivity (Wildman–Crippen MR) is 109 cm³/mol. The number of anilines is 1. The van der Waals surface area contributed by atoms with Gasteiger partial charge in [-0.2, -0.15) is 0 Å². The van der Waals surface area contributed by atoms with Crippen LogP contribution >= 0.6 is 0 Å². The van der Waals surface area contributed by atoms with Crippen LogP contribution in [-0.2, 0) is 11.3 Å². The third-order valence-corrected chi connectivity index (χ3v) is 5.32. The van der Waals surface area contributed by atoms with Crippen LogP contribution in [0.1, 0.15) is 18.4 Å². The van der Waals surface area contributed by atoms with Gasteiger partial charge in [-0.05, 0) is 47.4 Å². The number of methoxy groups -OCH3 is 1. The number of ether oxygens (including phenoxy) is 1. The van der Waals surface area contributed by atoms with Crippen LogP contribution in [0.4, 0.5) is 5.82 Å². The van der Waals surface area contributed by atoms with Crippen LogP contribution in [0.25, 0.3) is 10.8 Å². The van der Waals surface area contributed by atoms with E-state index in [0.29, 0.717) is 6.54 Å². The summed E-state index contributed by atoms with van der Waals surface area (Å²) in [5.74, 6) is 1.92. The molecule has 0 aliphatic carbocycles. The summed E-state index contributed by atoms with van der Waals surface area (Å²) in [6.45, 7) is 2.20. The molecule has 1 amide bonds. The monoisotopic (exact) mass is 376 g/mol. The third kappa shape index (κ3) is 4.06. The fourth-order valence-electron chi connectivity index (χ4n) is 3.67. The minimum absolute atomic E-state index is 0.0534. The minimum atomic E-state index is 0.0534. The molecule has 6 heteroatoms. The third-order valence-electron chi connectivity index (χ3n) is 5.32. The summed E-state index contributed by atoms with van der Waals surface area (Å²) in [4.78, 5) is 23.2. The van der Waals surface area contributed by atoms with Gasteiger partial charge in [0.15, 0.2) is 0 Å². The van der Waals surface area contributed by atoms with Crippen molar-refractivity contribution in [2.75, 3.05) is 25.1 Å². The molecule has 0 radical (unpaired) electrons. The average Bonchev–Trinajstić information content (AvgIpc) is 2.77. The Bertz CT molecular complexity index is 953. The molecule has 0 bridgehead atoms. The zero-order valence-electron chi connectivity index (χ0n) is 16.0. The lowest BCUT2D eigenvalue weighted by Gasteiger charge is -2.31. The summed E-state index contributed by atoms with van der Waals surface area (Å²) >= 11 is 0. The Balaban J connectivity index is 1.31. The number of hydrogen-bond acceptors (Lipinski definition) is 5. The van der Waals surface area contributed by atoms with E-state index in [0.717, 1.165) is 53.8 Å². The number of benzene rings is 2. The molecule has 1 saturated heterocycles. The van der Waals surface area contributed by atoms with Gasteiger partial charge >= 0.3 is 0 Å². The van der Waals surface area contributed by atoms with Crippen molar-refractivity contribution in [3.05, 3.63) is 60.6 Å². The molecule has 1 N–H and O–H groups in total. The van der Waals surface area contributed by atoms with Crippen molar-refractivity contribution >= 4 is 22.5 Å². The molecule has 0 spiro atoms. The second-order valence-electron chi connectivity index (χ2n) is 7.09. The number of nitrogens with zero attached hydrogens (tertiary/aromatic N) is 3. The molecule has 6 nitrogen and oxygen atoms in total.